The minimum atomic E-state index is -0.622. The van der Waals surface area contributed by atoms with E-state index in [1.807, 2.05) is 5.38 Å². The van der Waals surface area contributed by atoms with Crippen molar-refractivity contribution >= 4 is 17.3 Å². The van der Waals surface area contributed by atoms with Crippen LogP contribution in [-0.2, 0) is 11.2 Å². The average molecular weight is 239 g/mol. The first-order valence-corrected chi connectivity index (χ1v) is 6.76. The van der Waals surface area contributed by atoms with Gasteiger partial charge in [-0.3, -0.25) is 4.79 Å². The van der Waals surface area contributed by atoms with E-state index >= 15 is 0 Å². The normalized spacial score (nSPS) is 26.2. The molecule has 0 bridgehead atoms. The van der Waals surface area contributed by atoms with Gasteiger partial charge in [0, 0.05) is 18.0 Å². The number of rotatable bonds is 3. The lowest BCUT2D eigenvalue weighted by molar-refractivity contribution is -0.143. The van der Waals surface area contributed by atoms with Crippen LogP contribution in [0.4, 0.5) is 0 Å². The van der Waals surface area contributed by atoms with Crippen molar-refractivity contribution in [2.75, 3.05) is 0 Å². The molecule has 1 aromatic heterocycles. The maximum atomic E-state index is 11.2. The third-order valence-electron chi connectivity index (χ3n) is 3.40. The number of aliphatic carboxylic acids is 1. The van der Waals surface area contributed by atoms with E-state index in [0.29, 0.717) is 0 Å². The highest BCUT2D eigenvalue weighted by molar-refractivity contribution is 7.09. The first kappa shape index (κ1) is 11.6. The summed E-state index contributed by atoms with van der Waals surface area (Å²) < 4.78 is 0. The summed E-state index contributed by atoms with van der Waals surface area (Å²) >= 11 is 1.63. The van der Waals surface area contributed by atoms with Crippen molar-refractivity contribution in [2.24, 2.45) is 11.8 Å². The van der Waals surface area contributed by atoms with Gasteiger partial charge in [0.2, 0.25) is 0 Å². The van der Waals surface area contributed by atoms with Gasteiger partial charge in [0.15, 0.2) is 0 Å². The summed E-state index contributed by atoms with van der Waals surface area (Å²) in [6.45, 7) is 0. The Kier molecular flexibility index (Phi) is 3.93. The molecule has 0 aromatic carbocycles. The number of aromatic nitrogens is 1. The zero-order valence-corrected chi connectivity index (χ0v) is 10.1. The second kappa shape index (κ2) is 5.43. The molecule has 88 valence electrons. The van der Waals surface area contributed by atoms with Crippen molar-refractivity contribution < 1.29 is 9.90 Å². The Morgan fingerprint density at radius 1 is 1.44 bits per heavy atom. The number of carboxylic acids is 1. The van der Waals surface area contributed by atoms with Gasteiger partial charge in [0.1, 0.15) is 0 Å². The molecule has 1 heterocycles. The van der Waals surface area contributed by atoms with Crippen molar-refractivity contribution in [2.45, 2.75) is 38.5 Å². The highest BCUT2D eigenvalue weighted by Crippen LogP contribution is 2.31. The topological polar surface area (TPSA) is 50.2 Å². The van der Waals surface area contributed by atoms with E-state index in [9.17, 15) is 9.90 Å². The Hall–Kier alpha value is -0.900. The highest BCUT2D eigenvalue weighted by Gasteiger charge is 2.29. The van der Waals surface area contributed by atoms with Gasteiger partial charge in [-0.15, -0.1) is 11.3 Å². The third kappa shape index (κ3) is 2.82. The van der Waals surface area contributed by atoms with Gasteiger partial charge in [0.25, 0.3) is 0 Å². The van der Waals surface area contributed by atoms with E-state index in [2.05, 4.69) is 4.98 Å². The zero-order valence-electron chi connectivity index (χ0n) is 9.26. The van der Waals surface area contributed by atoms with Crippen LogP contribution < -0.4 is 0 Å². The smallest absolute Gasteiger partial charge is 0.306 e. The molecular weight excluding hydrogens is 222 g/mol. The fourth-order valence-electron chi connectivity index (χ4n) is 2.53. The summed E-state index contributed by atoms with van der Waals surface area (Å²) in [5.41, 5.74) is 0. The molecule has 2 unspecified atom stereocenters. The molecule has 0 aliphatic heterocycles. The van der Waals surface area contributed by atoms with Crippen molar-refractivity contribution in [1.29, 1.82) is 0 Å². The van der Waals surface area contributed by atoms with Gasteiger partial charge in [0.05, 0.1) is 10.9 Å². The lowest BCUT2D eigenvalue weighted by Gasteiger charge is -2.20. The molecule has 2 atom stereocenters. The molecule has 2 rings (SSSR count). The molecule has 1 aliphatic rings. The van der Waals surface area contributed by atoms with E-state index in [1.54, 1.807) is 17.5 Å². The Labute approximate surface area is 99.5 Å². The van der Waals surface area contributed by atoms with E-state index in [4.69, 9.17) is 0 Å². The number of thiazole rings is 1. The molecule has 4 heteroatoms. The van der Waals surface area contributed by atoms with Crippen LogP contribution in [0.15, 0.2) is 11.6 Å². The summed E-state index contributed by atoms with van der Waals surface area (Å²) in [5.74, 6) is -0.499. The number of carboxylic acid groups (broad SMARTS) is 1. The second-order valence-electron chi connectivity index (χ2n) is 4.47. The average Bonchev–Trinajstić information content (AvgIpc) is 2.63. The first-order valence-electron chi connectivity index (χ1n) is 5.88. The van der Waals surface area contributed by atoms with Gasteiger partial charge in [-0.2, -0.15) is 0 Å². The SMILES string of the molecule is O=C(O)C1CCCCCC1Cc1nccs1. The lowest BCUT2D eigenvalue weighted by Crippen LogP contribution is -2.24. The molecule has 1 fully saturated rings. The maximum absolute atomic E-state index is 11.2. The van der Waals surface area contributed by atoms with Crippen LogP contribution in [0.25, 0.3) is 0 Å². The summed E-state index contributed by atoms with van der Waals surface area (Å²) in [7, 11) is 0. The quantitative estimate of drug-likeness (QED) is 0.825. The number of nitrogens with zero attached hydrogens (tertiary/aromatic N) is 1. The van der Waals surface area contributed by atoms with Crippen molar-refractivity contribution in [3.8, 4) is 0 Å². The minimum Gasteiger partial charge on any atom is -0.481 e. The van der Waals surface area contributed by atoms with E-state index in [-0.39, 0.29) is 11.8 Å². The molecular formula is C12H17NO2S. The van der Waals surface area contributed by atoms with Gasteiger partial charge >= 0.3 is 5.97 Å². The van der Waals surface area contributed by atoms with Crippen LogP contribution in [0.1, 0.15) is 37.1 Å². The summed E-state index contributed by atoms with van der Waals surface area (Å²) in [5, 5.41) is 12.3. The van der Waals surface area contributed by atoms with Crippen LogP contribution >= 0.6 is 11.3 Å². The second-order valence-corrected chi connectivity index (χ2v) is 5.45. The lowest BCUT2D eigenvalue weighted by atomic mass is 9.86. The Morgan fingerprint density at radius 2 is 2.25 bits per heavy atom. The maximum Gasteiger partial charge on any atom is 0.306 e. The minimum absolute atomic E-state index is 0.161. The van der Waals surface area contributed by atoms with E-state index in [1.165, 1.54) is 12.8 Å². The molecule has 0 spiro atoms. The van der Waals surface area contributed by atoms with Crippen molar-refractivity contribution in [1.82, 2.24) is 4.98 Å². The number of hydrogen-bond acceptors (Lipinski definition) is 3. The molecule has 0 radical (unpaired) electrons. The standard InChI is InChI=1S/C12H17NO2S/c14-12(15)10-5-3-1-2-4-9(10)8-11-13-6-7-16-11/h6-7,9-10H,1-5,8H2,(H,14,15). The Bertz CT molecular complexity index is 337. The molecule has 1 saturated carbocycles. The van der Waals surface area contributed by atoms with Gasteiger partial charge in [-0.05, 0) is 18.8 Å². The molecule has 0 amide bonds. The van der Waals surface area contributed by atoms with Crippen LogP contribution in [-0.4, -0.2) is 16.1 Å². The van der Waals surface area contributed by atoms with Crippen molar-refractivity contribution in [3.63, 3.8) is 0 Å². The Balaban J connectivity index is 2.05. The van der Waals surface area contributed by atoms with Crippen LogP contribution in [0, 0.1) is 11.8 Å². The van der Waals surface area contributed by atoms with E-state index in [0.717, 1.165) is 30.7 Å². The fraction of sp³-hybridized carbons (Fsp3) is 0.667. The summed E-state index contributed by atoms with van der Waals surface area (Å²) in [6, 6.07) is 0. The molecule has 0 saturated heterocycles. The van der Waals surface area contributed by atoms with Crippen LogP contribution in [0.2, 0.25) is 0 Å². The number of carbonyl (C=O) groups is 1. The van der Waals surface area contributed by atoms with Gasteiger partial charge < -0.3 is 5.11 Å². The monoisotopic (exact) mass is 239 g/mol. The predicted octanol–water partition coefficient (Wildman–Crippen LogP) is 2.97. The molecule has 3 nitrogen and oxygen atoms in total. The third-order valence-corrected chi connectivity index (χ3v) is 4.20. The molecule has 16 heavy (non-hydrogen) atoms. The first-order chi connectivity index (χ1) is 7.77. The van der Waals surface area contributed by atoms with Crippen LogP contribution in [0.5, 0.6) is 0 Å². The summed E-state index contributed by atoms with van der Waals surface area (Å²) in [4.78, 5) is 15.5. The number of hydrogen-bond donors (Lipinski definition) is 1. The highest BCUT2D eigenvalue weighted by atomic mass is 32.1. The van der Waals surface area contributed by atoms with Crippen LogP contribution in [0.3, 0.4) is 0 Å². The molecule has 1 aromatic rings. The largest absolute Gasteiger partial charge is 0.481 e. The Morgan fingerprint density at radius 3 is 2.94 bits per heavy atom. The van der Waals surface area contributed by atoms with Crippen molar-refractivity contribution in [3.05, 3.63) is 16.6 Å². The van der Waals surface area contributed by atoms with E-state index < -0.39 is 5.97 Å². The van der Waals surface area contributed by atoms with Gasteiger partial charge in [-0.25, -0.2) is 4.98 Å². The van der Waals surface area contributed by atoms with Gasteiger partial charge in [-0.1, -0.05) is 19.3 Å². The molecule has 1 aliphatic carbocycles. The zero-order chi connectivity index (χ0) is 11.4. The fourth-order valence-corrected chi connectivity index (χ4v) is 3.24. The molecule has 1 N–H and O–H groups in total. The predicted molar refractivity (Wildman–Crippen MR) is 63.5 cm³/mol. The summed E-state index contributed by atoms with van der Waals surface area (Å²) in [6.07, 6.45) is 7.92.